The number of amides is 2. The van der Waals surface area contributed by atoms with Crippen LogP contribution in [0.4, 0.5) is 0 Å². The minimum absolute atomic E-state index is 0.0342. The first-order valence-electron chi connectivity index (χ1n) is 10.9. The lowest BCUT2D eigenvalue weighted by molar-refractivity contribution is -0.128. The van der Waals surface area contributed by atoms with E-state index in [-0.39, 0.29) is 23.8 Å². The molecule has 2 amide bonds. The van der Waals surface area contributed by atoms with E-state index >= 15 is 0 Å². The first-order chi connectivity index (χ1) is 14.9. The van der Waals surface area contributed by atoms with E-state index in [4.69, 9.17) is 0 Å². The molecule has 1 aliphatic heterocycles. The van der Waals surface area contributed by atoms with Crippen LogP contribution in [0, 0.1) is 11.8 Å². The Hall–Kier alpha value is -3.22. The van der Waals surface area contributed by atoms with Crippen LogP contribution < -0.4 is 5.32 Å². The fourth-order valence-electron chi connectivity index (χ4n) is 4.36. The van der Waals surface area contributed by atoms with Crippen molar-refractivity contribution in [3.8, 4) is 0 Å². The Labute approximate surface area is 182 Å². The van der Waals surface area contributed by atoms with E-state index in [1.807, 2.05) is 66.9 Å². The van der Waals surface area contributed by atoms with Crippen molar-refractivity contribution in [2.24, 2.45) is 11.8 Å². The summed E-state index contributed by atoms with van der Waals surface area (Å²) < 4.78 is 1.91. The molecule has 3 aromatic rings. The van der Waals surface area contributed by atoms with Crippen LogP contribution in [-0.4, -0.2) is 37.4 Å². The average molecular weight is 420 g/mol. The summed E-state index contributed by atoms with van der Waals surface area (Å²) in [6.45, 7) is 8.63. The van der Waals surface area contributed by atoms with Gasteiger partial charge in [0.25, 0.3) is 5.91 Å². The molecule has 0 bridgehead atoms. The predicted molar refractivity (Wildman–Crippen MR) is 118 cm³/mol. The molecule has 2 aromatic heterocycles. The first-order valence-corrected chi connectivity index (χ1v) is 10.9. The number of rotatable bonds is 7. The van der Waals surface area contributed by atoms with Crippen molar-refractivity contribution in [1.82, 2.24) is 24.8 Å². The zero-order valence-electron chi connectivity index (χ0n) is 18.4. The Morgan fingerprint density at radius 1 is 1.06 bits per heavy atom. The van der Waals surface area contributed by atoms with Crippen LogP contribution in [0.3, 0.4) is 0 Å². The molecule has 0 fully saturated rings. The highest BCUT2D eigenvalue weighted by atomic mass is 16.2. The highest BCUT2D eigenvalue weighted by molar-refractivity contribution is 6.01. The number of nitrogens with one attached hydrogen (secondary N) is 1. The van der Waals surface area contributed by atoms with Crippen LogP contribution in [0.5, 0.6) is 0 Å². The summed E-state index contributed by atoms with van der Waals surface area (Å²) in [7, 11) is 0. The SMILES string of the molecule is CC(C)C[C@H](NC(=O)[C@@H](C(C)C)N1Cc2ccccc2C1=O)c1nnc2ccccn12. The van der Waals surface area contributed by atoms with E-state index < -0.39 is 6.04 Å². The van der Waals surface area contributed by atoms with Crippen LogP contribution in [0.2, 0.25) is 0 Å². The van der Waals surface area contributed by atoms with Gasteiger partial charge < -0.3 is 10.2 Å². The molecule has 7 nitrogen and oxygen atoms in total. The lowest BCUT2D eigenvalue weighted by Gasteiger charge is -2.31. The summed E-state index contributed by atoms with van der Waals surface area (Å²) in [4.78, 5) is 28.3. The van der Waals surface area contributed by atoms with Gasteiger partial charge in [0.05, 0.1) is 6.04 Å². The van der Waals surface area contributed by atoms with E-state index in [1.165, 1.54) is 0 Å². The number of fused-ring (bicyclic) bond motifs is 2. The number of pyridine rings is 1. The number of aromatic nitrogens is 3. The van der Waals surface area contributed by atoms with Crippen molar-refractivity contribution >= 4 is 17.5 Å². The molecule has 0 radical (unpaired) electrons. The molecule has 0 spiro atoms. The normalized spacial score (nSPS) is 15.5. The summed E-state index contributed by atoms with van der Waals surface area (Å²) in [5, 5.41) is 11.8. The van der Waals surface area contributed by atoms with Gasteiger partial charge in [-0.05, 0) is 42.0 Å². The van der Waals surface area contributed by atoms with Gasteiger partial charge in [-0.15, -0.1) is 10.2 Å². The summed E-state index contributed by atoms with van der Waals surface area (Å²) in [5.41, 5.74) is 2.39. The summed E-state index contributed by atoms with van der Waals surface area (Å²) in [5.74, 6) is 0.771. The second-order valence-electron chi connectivity index (χ2n) is 8.96. The Morgan fingerprint density at radius 3 is 2.52 bits per heavy atom. The standard InChI is InChI=1S/C24H29N5O2/c1-15(2)13-19(22-27-26-20-11-7-8-12-28(20)22)25-23(30)21(16(3)4)29-14-17-9-5-6-10-18(17)24(29)31/h5-12,15-16,19,21H,13-14H2,1-4H3,(H,25,30)/t19-,21+/m0/s1. The maximum absolute atomic E-state index is 13.5. The minimum atomic E-state index is -0.561. The Balaban J connectivity index is 1.62. The van der Waals surface area contributed by atoms with Gasteiger partial charge in [-0.2, -0.15) is 0 Å². The Bertz CT molecular complexity index is 1100. The van der Waals surface area contributed by atoms with E-state index in [0.717, 1.165) is 17.6 Å². The van der Waals surface area contributed by atoms with Crippen molar-refractivity contribution in [3.63, 3.8) is 0 Å². The molecule has 2 atom stereocenters. The largest absolute Gasteiger partial charge is 0.344 e. The van der Waals surface area contributed by atoms with Crippen LogP contribution >= 0.6 is 0 Å². The zero-order valence-corrected chi connectivity index (χ0v) is 18.4. The summed E-state index contributed by atoms with van der Waals surface area (Å²) in [6, 6.07) is 12.4. The lowest BCUT2D eigenvalue weighted by Crippen LogP contribution is -2.51. The minimum Gasteiger partial charge on any atom is -0.344 e. The summed E-state index contributed by atoms with van der Waals surface area (Å²) in [6.07, 6.45) is 2.63. The van der Waals surface area contributed by atoms with Crippen molar-refractivity contribution in [2.75, 3.05) is 0 Å². The second kappa shape index (κ2) is 8.49. The molecule has 1 N–H and O–H groups in total. The number of benzene rings is 1. The van der Waals surface area contributed by atoms with Gasteiger partial charge in [-0.1, -0.05) is 52.0 Å². The third kappa shape index (κ3) is 4.04. The van der Waals surface area contributed by atoms with Crippen molar-refractivity contribution < 1.29 is 9.59 Å². The molecule has 3 heterocycles. The third-order valence-corrected chi connectivity index (χ3v) is 5.76. The van der Waals surface area contributed by atoms with Gasteiger partial charge in [0.1, 0.15) is 6.04 Å². The van der Waals surface area contributed by atoms with Gasteiger partial charge in [-0.25, -0.2) is 0 Å². The smallest absolute Gasteiger partial charge is 0.255 e. The molecule has 1 aliphatic rings. The summed E-state index contributed by atoms with van der Waals surface area (Å²) >= 11 is 0. The maximum atomic E-state index is 13.5. The molecule has 0 saturated carbocycles. The molecule has 1 aromatic carbocycles. The predicted octanol–water partition coefficient (Wildman–Crippen LogP) is 3.61. The van der Waals surface area contributed by atoms with E-state index in [9.17, 15) is 9.59 Å². The second-order valence-corrected chi connectivity index (χ2v) is 8.96. The molecule has 162 valence electrons. The number of carbonyl (C=O) groups excluding carboxylic acids is 2. The number of nitrogens with zero attached hydrogens (tertiary/aromatic N) is 4. The molecule has 0 aliphatic carbocycles. The van der Waals surface area contributed by atoms with Crippen LogP contribution in [0.1, 0.15) is 61.9 Å². The fraction of sp³-hybridized carbons (Fsp3) is 0.417. The van der Waals surface area contributed by atoms with Gasteiger partial charge in [0.2, 0.25) is 5.91 Å². The topological polar surface area (TPSA) is 79.6 Å². The highest BCUT2D eigenvalue weighted by Crippen LogP contribution is 2.28. The van der Waals surface area contributed by atoms with Crippen molar-refractivity contribution in [3.05, 3.63) is 65.6 Å². The number of carbonyl (C=O) groups is 2. The van der Waals surface area contributed by atoms with Gasteiger partial charge in [0, 0.05) is 18.3 Å². The zero-order chi connectivity index (χ0) is 22.1. The van der Waals surface area contributed by atoms with Crippen molar-refractivity contribution in [2.45, 2.75) is 52.7 Å². The lowest BCUT2D eigenvalue weighted by atomic mass is 9.99. The third-order valence-electron chi connectivity index (χ3n) is 5.76. The molecule has 4 rings (SSSR count). The monoisotopic (exact) mass is 419 g/mol. The van der Waals surface area contributed by atoms with E-state index in [1.54, 1.807) is 4.90 Å². The molecular weight excluding hydrogens is 390 g/mol. The molecular formula is C24H29N5O2. The van der Waals surface area contributed by atoms with E-state index in [0.29, 0.717) is 23.9 Å². The molecule has 31 heavy (non-hydrogen) atoms. The fourth-order valence-corrected chi connectivity index (χ4v) is 4.36. The van der Waals surface area contributed by atoms with Gasteiger partial charge in [-0.3, -0.25) is 14.0 Å². The molecule has 7 heteroatoms. The number of hydrogen-bond acceptors (Lipinski definition) is 4. The maximum Gasteiger partial charge on any atom is 0.255 e. The van der Waals surface area contributed by atoms with Crippen LogP contribution in [0.15, 0.2) is 48.7 Å². The highest BCUT2D eigenvalue weighted by Gasteiger charge is 2.39. The number of hydrogen-bond donors (Lipinski definition) is 1. The average Bonchev–Trinajstić information content (AvgIpc) is 3.29. The van der Waals surface area contributed by atoms with Crippen LogP contribution in [-0.2, 0) is 11.3 Å². The van der Waals surface area contributed by atoms with Gasteiger partial charge >= 0.3 is 0 Å². The van der Waals surface area contributed by atoms with Crippen LogP contribution in [0.25, 0.3) is 5.65 Å². The Kier molecular flexibility index (Phi) is 5.76. The van der Waals surface area contributed by atoms with E-state index in [2.05, 4.69) is 29.4 Å². The first kappa shape index (κ1) is 21.0. The van der Waals surface area contributed by atoms with Gasteiger partial charge in [0.15, 0.2) is 11.5 Å². The molecule has 0 unspecified atom stereocenters. The Morgan fingerprint density at radius 2 is 1.81 bits per heavy atom. The quantitative estimate of drug-likeness (QED) is 0.634. The molecule has 0 saturated heterocycles. The van der Waals surface area contributed by atoms with Crippen molar-refractivity contribution in [1.29, 1.82) is 0 Å².